The van der Waals surface area contributed by atoms with Crippen molar-refractivity contribution in [3.63, 3.8) is 0 Å². The fraction of sp³-hybridized carbons (Fsp3) is 0.385. The van der Waals surface area contributed by atoms with Gasteiger partial charge in [-0.3, -0.25) is 4.79 Å². The summed E-state index contributed by atoms with van der Waals surface area (Å²) < 4.78 is 5.12. The van der Waals surface area contributed by atoms with E-state index in [1.54, 1.807) is 12.1 Å². The number of benzene rings is 1. The summed E-state index contributed by atoms with van der Waals surface area (Å²) in [6.45, 7) is 1.39. The molecular formula is C13H17N3O3. The highest BCUT2D eigenvalue weighted by atomic mass is 16.6. The maximum absolute atomic E-state index is 11.5. The lowest BCUT2D eigenvalue weighted by Gasteiger charge is -2.13. The molecule has 1 fully saturated rings. The maximum atomic E-state index is 11.5. The minimum atomic E-state index is -0.810. The van der Waals surface area contributed by atoms with Crippen LogP contribution in [0.4, 0.5) is 10.5 Å². The number of nitrogens with two attached hydrogens (primary N) is 2. The Bertz CT molecular complexity index is 512. The summed E-state index contributed by atoms with van der Waals surface area (Å²) in [5, 5.41) is 2.70. The first-order chi connectivity index (χ1) is 8.97. The third kappa shape index (κ3) is 3.45. The zero-order chi connectivity index (χ0) is 14.0. The predicted octanol–water partition coefficient (Wildman–Crippen LogP) is 1.11. The van der Waals surface area contributed by atoms with Gasteiger partial charge in [-0.1, -0.05) is 0 Å². The number of nitrogens with one attached hydrogen (secondary N) is 1. The molecule has 1 aromatic rings. The molecule has 1 unspecified atom stereocenters. The molecular weight excluding hydrogens is 246 g/mol. The highest BCUT2D eigenvalue weighted by Gasteiger charge is 2.24. The number of hydrogen-bond acceptors (Lipinski definition) is 5. The lowest BCUT2D eigenvalue weighted by atomic mass is 10.0. The van der Waals surface area contributed by atoms with E-state index in [1.165, 1.54) is 13.0 Å². The Balaban J connectivity index is 2.10. The number of carbonyl (C=O) groups excluding carboxylic acids is 2. The fourth-order valence-electron chi connectivity index (χ4n) is 1.64. The van der Waals surface area contributed by atoms with Crippen LogP contribution in [0.3, 0.4) is 0 Å². The van der Waals surface area contributed by atoms with Gasteiger partial charge >= 0.3 is 6.09 Å². The van der Waals surface area contributed by atoms with Crippen LogP contribution in [-0.4, -0.2) is 17.9 Å². The van der Waals surface area contributed by atoms with Crippen LogP contribution in [0.2, 0.25) is 0 Å². The van der Waals surface area contributed by atoms with Gasteiger partial charge in [-0.05, 0) is 38.0 Å². The SMILES string of the molecule is CC(=O)C(N)c1cc(OC(=O)NC2CC2)ccc1N. The summed E-state index contributed by atoms with van der Waals surface area (Å²) in [5.41, 5.74) is 12.4. The van der Waals surface area contributed by atoms with Crippen molar-refractivity contribution in [2.75, 3.05) is 5.73 Å². The molecule has 0 radical (unpaired) electrons. The zero-order valence-electron chi connectivity index (χ0n) is 10.7. The Labute approximate surface area is 111 Å². The van der Waals surface area contributed by atoms with Crippen molar-refractivity contribution in [3.05, 3.63) is 23.8 Å². The van der Waals surface area contributed by atoms with Crippen LogP contribution in [0.5, 0.6) is 5.75 Å². The fourth-order valence-corrected chi connectivity index (χ4v) is 1.64. The van der Waals surface area contributed by atoms with Gasteiger partial charge in [0.05, 0.1) is 6.04 Å². The third-order valence-electron chi connectivity index (χ3n) is 2.94. The summed E-state index contributed by atoms with van der Waals surface area (Å²) in [6, 6.07) is 4.07. The summed E-state index contributed by atoms with van der Waals surface area (Å²) >= 11 is 0. The molecule has 0 spiro atoms. The molecule has 0 heterocycles. The Morgan fingerprint density at radius 2 is 2.11 bits per heavy atom. The summed E-state index contributed by atoms with van der Waals surface area (Å²) in [6.07, 6.45) is 1.46. The van der Waals surface area contributed by atoms with Gasteiger partial charge in [0.25, 0.3) is 0 Å². The van der Waals surface area contributed by atoms with Crippen molar-refractivity contribution >= 4 is 17.6 Å². The molecule has 1 atom stereocenters. The summed E-state index contributed by atoms with van der Waals surface area (Å²) in [7, 11) is 0. The van der Waals surface area contributed by atoms with Crippen molar-refractivity contribution in [3.8, 4) is 5.75 Å². The number of Topliss-reactive ketones (excluding diaryl/α,β-unsaturated/α-hetero) is 1. The molecule has 5 N–H and O–H groups in total. The average Bonchev–Trinajstić information content (AvgIpc) is 3.14. The molecule has 1 saturated carbocycles. The molecule has 102 valence electrons. The smallest absolute Gasteiger partial charge is 0.410 e. The first-order valence-corrected chi connectivity index (χ1v) is 6.11. The van der Waals surface area contributed by atoms with Gasteiger partial charge in [0.2, 0.25) is 0 Å². The van der Waals surface area contributed by atoms with Crippen LogP contribution in [0, 0.1) is 0 Å². The van der Waals surface area contributed by atoms with Gasteiger partial charge in [0, 0.05) is 17.3 Å². The predicted molar refractivity (Wildman–Crippen MR) is 70.6 cm³/mol. The van der Waals surface area contributed by atoms with Crippen LogP contribution in [0.15, 0.2) is 18.2 Å². The third-order valence-corrected chi connectivity index (χ3v) is 2.94. The Morgan fingerprint density at radius 1 is 1.42 bits per heavy atom. The number of hydrogen-bond donors (Lipinski definition) is 3. The van der Waals surface area contributed by atoms with E-state index < -0.39 is 12.1 Å². The molecule has 1 aliphatic carbocycles. The number of rotatable bonds is 4. The van der Waals surface area contributed by atoms with Gasteiger partial charge in [0.1, 0.15) is 5.75 Å². The van der Waals surface area contributed by atoms with E-state index in [1.807, 2.05) is 0 Å². The van der Waals surface area contributed by atoms with Crippen LogP contribution < -0.4 is 21.5 Å². The lowest BCUT2D eigenvalue weighted by Crippen LogP contribution is -2.28. The second kappa shape index (κ2) is 5.27. The average molecular weight is 263 g/mol. The van der Waals surface area contributed by atoms with Crippen molar-refractivity contribution in [1.29, 1.82) is 0 Å². The molecule has 2 rings (SSSR count). The lowest BCUT2D eigenvalue weighted by molar-refractivity contribution is -0.118. The highest BCUT2D eigenvalue weighted by Crippen LogP contribution is 2.25. The molecule has 0 aliphatic heterocycles. The van der Waals surface area contributed by atoms with E-state index in [0.717, 1.165) is 12.8 Å². The minimum absolute atomic E-state index is 0.203. The van der Waals surface area contributed by atoms with Crippen molar-refractivity contribution in [2.45, 2.75) is 31.8 Å². The number of ketones is 1. The summed E-state index contributed by atoms with van der Waals surface area (Å²) in [4.78, 5) is 22.8. The molecule has 19 heavy (non-hydrogen) atoms. The van der Waals surface area contributed by atoms with Gasteiger partial charge in [-0.2, -0.15) is 0 Å². The van der Waals surface area contributed by atoms with E-state index in [-0.39, 0.29) is 11.8 Å². The van der Waals surface area contributed by atoms with Crippen molar-refractivity contribution in [2.24, 2.45) is 5.73 Å². The number of amides is 1. The molecule has 1 amide bonds. The first-order valence-electron chi connectivity index (χ1n) is 6.11. The Hall–Kier alpha value is -2.08. The first kappa shape index (κ1) is 13.4. The minimum Gasteiger partial charge on any atom is -0.410 e. The normalized spacial score (nSPS) is 15.7. The molecule has 0 saturated heterocycles. The Morgan fingerprint density at radius 3 is 2.68 bits per heavy atom. The number of ether oxygens (including phenoxy) is 1. The monoisotopic (exact) mass is 263 g/mol. The van der Waals surface area contributed by atoms with E-state index in [0.29, 0.717) is 17.0 Å². The van der Waals surface area contributed by atoms with Crippen LogP contribution in [0.25, 0.3) is 0 Å². The number of anilines is 1. The topological polar surface area (TPSA) is 107 Å². The highest BCUT2D eigenvalue weighted by molar-refractivity contribution is 5.84. The van der Waals surface area contributed by atoms with E-state index in [2.05, 4.69) is 5.32 Å². The van der Waals surface area contributed by atoms with Crippen molar-refractivity contribution in [1.82, 2.24) is 5.32 Å². The standard InChI is InChI=1S/C13H17N3O3/c1-7(17)12(15)10-6-9(4-5-11(10)14)19-13(18)16-8-2-3-8/h4-6,8,12H,2-3,14-15H2,1H3,(H,16,18). The van der Waals surface area contributed by atoms with Crippen molar-refractivity contribution < 1.29 is 14.3 Å². The summed E-state index contributed by atoms with van der Waals surface area (Å²) in [5.74, 6) is 0.116. The molecule has 6 nitrogen and oxygen atoms in total. The largest absolute Gasteiger partial charge is 0.412 e. The van der Waals surface area contributed by atoms with E-state index in [4.69, 9.17) is 16.2 Å². The molecule has 6 heteroatoms. The number of carbonyl (C=O) groups is 2. The van der Waals surface area contributed by atoms with Crippen LogP contribution in [0.1, 0.15) is 31.4 Å². The van der Waals surface area contributed by atoms with Gasteiger partial charge < -0.3 is 21.5 Å². The van der Waals surface area contributed by atoms with Gasteiger partial charge in [-0.15, -0.1) is 0 Å². The van der Waals surface area contributed by atoms with Crippen LogP contribution in [-0.2, 0) is 4.79 Å². The van der Waals surface area contributed by atoms with E-state index >= 15 is 0 Å². The molecule has 1 aliphatic rings. The van der Waals surface area contributed by atoms with Gasteiger partial charge in [0.15, 0.2) is 5.78 Å². The second-order valence-electron chi connectivity index (χ2n) is 4.69. The second-order valence-corrected chi connectivity index (χ2v) is 4.69. The molecule has 0 bridgehead atoms. The molecule has 0 aromatic heterocycles. The van der Waals surface area contributed by atoms with E-state index in [9.17, 15) is 9.59 Å². The zero-order valence-corrected chi connectivity index (χ0v) is 10.7. The van der Waals surface area contributed by atoms with Crippen LogP contribution >= 0.6 is 0 Å². The quantitative estimate of drug-likeness (QED) is 0.705. The number of nitrogen functional groups attached to an aromatic ring is 1. The maximum Gasteiger partial charge on any atom is 0.412 e. The Kier molecular flexibility index (Phi) is 3.71. The van der Waals surface area contributed by atoms with Gasteiger partial charge in [-0.25, -0.2) is 4.79 Å². The molecule has 1 aromatic carbocycles.